The van der Waals surface area contributed by atoms with Crippen LogP contribution in [0.1, 0.15) is 35.4 Å². The van der Waals surface area contributed by atoms with E-state index >= 15 is 0 Å². The van der Waals surface area contributed by atoms with Crippen molar-refractivity contribution in [2.24, 2.45) is 0 Å². The average molecular weight is 205 g/mol. The maximum atomic E-state index is 9.90. The summed E-state index contributed by atoms with van der Waals surface area (Å²) in [6.07, 6.45) is 2.37. The van der Waals surface area contributed by atoms with E-state index in [9.17, 15) is 5.11 Å². The molecule has 2 heteroatoms. The molecule has 2 nitrogen and oxygen atoms in total. The van der Waals surface area contributed by atoms with Crippen molar-refractivity contribution in [1.82, 2.24) is 5.32 Å². The van der Waals surface area contributed by atoms with Crippen LogP contribution in [0, 0.1) is 13.8 Å². The molecule has 82 valence electrons. The van der Waals surface area contributed by atoms with E-state index in [1.165, 1.54) is 18.4 Å². The summed E-state index contributed by atoms with van der Waals surface area (Å²) in [4.78, 5) is 0. The van der Waals surface area contributed by atoms with Crippen LogP contribution >= 0.6 is 0 Å². The fourth-order valence-electron chi connectivity index (χ4n) is 2.43. The van der Waals surface area contributed by atoms with Crippen molar-refractivity contribution < 1.29 is 5.11 Å². The molecule has 1 heterocycles. The van der Waals surface area contributed by atoms with Crippen molar-refractivity contribution >= 4 is 0 Å². The van der Waals surface area contributed by atoms with Gasteiger partial charge in [0.05, 0.1) is 0 Å². The Bertz CT molecular complexity index is 354. The van der Waals surface area contributed by atoms with Gasteiger partial charge in [-0.25, -0.2) is 0 Å². The van der Waals surface area contributed by atoms with Gasteiger partial charge in [0.15, 0.2) is 0 Å². The molecule has 2 N–H and O–H groups in total. The number of aromatic hydroxyl groups is 1. The molecule has 0 amide bonds. The fourth-order valence-corrected chi connectivity index (χ4v) is 2.43. The molecule has 0 atom stereocenters. The van der Waals surface area contributed by atoms with Crippen LogP contribution in [0.25, 0.3) is 0 Å². The number of phenolic OH excluding ortho intramolecular Hbond substituents is 1. The fraction of sp³-hybridized carbons (Fsp3) is 0.538. The summed E-state index contributed by atoms with van der Waals surface area (Å²) in [7, 11) is 0. The Morgan fingerprint density at radius 1 is 1.20 bits per heavy atom. The van der Waals surface area contributed by atoms with E-state index in [4.69, 9.17) is 0 Å². The molecule has 1 aliphatic heterocycles. The standard InChI is InChI=1S/C13H19NO/c1-9-3-4-12(10(2)13(9)15)11-5-7-14-8-6-11/h3-4,11,14-15H,5-8H2,1-2H3. The Balaban J connectivity index is 2.31. The number of phenols is 1. The highest BCUT2D eigenvalue weighted by Crippen LogP contribution is 2.33. The van der Waals surface area contributed by atoms with E-state index < -0.39 is 0 Å². The van der Waals surface area contributed by atoms with E-state index in [0.29, 0.717) is 11.7 Å². The Morgan fingerprint density at radius 2 is 1.87 bits per heavy atom. The smallest absolute Gasteiger partial charge is 0.121 e. The summed E-state index contributed by atoms with van der Waals surface area (Å²) in [6, 6.07) is 4.21. The summed E-state index contributed by atoms with van der Waals surface area (Å²) in [5.74, 6) is 1.10. The SMILES string of the molecule is Cc1ccc(C2CCNCC2)c(C)c1O. The van der Waals surface area contributed by atoms with Crippen LogP contribution in [0.4, 0.5) is 0 Å². The molecule has 0 aromatic heterocycles. The zero-order valence-corrected chi connectivity index (χ0v) is 9.51. The first-order valence-corrected chi connectivity index (χ1v) is 5.70. The lowest BCUT2D eigenvalue weighted by Gasteiger charge is -2.25. The summed E-state index contributed by atoms with van der Waals surface area (Å²) < 4.78 is 0. The minimum atomic E-state index is 0.478. The number of hydrogen-bond donors (Lipinski definition) is 2. The molecule has 1 saturated heterocycles. The highest BCUT2D eigenvalue weighted by molar-refractivity contribution is 5.45. The van der Waals surface area contributed by atoms with Gasteiger partial charge in [0.1, 0.15) is 5.75 Å². The van der Waals surface area contributed by atoms with Crippen LogP contribution in [-0.2, 0) is 0 Å². The first kappa shape index (κ1) is 10.5. The van der Waals surface area contributed by atoms with Gasteiger partial charge in [0.2, 0.25) is 0 Å². The van der Waals surface area contributed by atoms with Crippen molar-refractivity contribution in [2.45, 2.75) is 32.6 Å². The zero-order chi connectivity index (χ0) is 10.8. The minimum absolute atomic E-state index is 0.478. The number of piperidine rings is 1. The predicted octanol–water partition coefficient (Wildman–Crippen LogP) is 2.48. The maximum absolute atomic E-state index is 9.90. The number of aryl methyl sites for hydroxylation is 1. The minimum Gasteiger partial charge on any atom is -0.507 e. The summed E-state index contributed by atoms with van der Waals surface area (Å²) >= 11 is 0. The van der Waals surface area contributed by atoms with Gasteiger partial charge in [0, 0.05) is 0 Å². The van der Waals surface area contributed by atoms with Gasteiger partial charge in [-0.05, 0) is 62.4 Å². The van der Waals surface area contributed by atoms with Gasteiger partial charge in [-0.3, -0.25) is 0 Å². The van der Waals surface area contributed by atoms with Crippen molar-refractivity contribution in [2.75, 3.05) is 13.1 Å². The number of rotatable bonds is 1. The molecule has 1 aromatic rings. The normalized spacial score (nSPS) is 18.0. The van der Waals surface area contributed by atoms with Crippen molar-refractivity contribution in [1.29, 1.82) is 0 Å². The second kappa shape index (κ2) is 4.23. The highest BCUT2D eigenvalue weighted by atomic mass is 16.3. The lowest BCUT2D eigenvalue weighted by atomic mass is 9.86. The first-order valence-electron chi connectivity index (χ1n) is 5.70. The second-order valence-electron chi connectivity index (χ2n) is 4.47. The molecule has 0 unspecified atom stereocenters. The van der Waals surface area contributed by atoms with Crippen molar-refractivity contribution in [3.63, 3.8) is 0 Å². The van der Waals surface area contributed by atoms with E-state index in [-0.39, 0.29) is 0 Å². The zero-order valence-electron chi connectivity index (χ0n) is 9.51. The molecular weight excluding hydrogens is 186 g/mol. The van der Waals surface area contributed by atoms with Crippen molar-refractivity contribution in [3.05, 3.63) is 28.8 Å². The van der Waals surface area contributed by atoms with Gasteiger partial charge in [-0.1, -0.05) is 12.1 Å². The van der Waals surface area contributed by atoms with Crippen LogP contribution < -0.4 is 5.32 Å². The highest BCUT2D eigenvalue weighted by Gasteiger charge is 2.18. The van der Waals surface area contributed by atoms with Crippen LogP contribution in [0.3, 0.4) is 0 Å². The third-order valence-corrected chi connectivity index (χ3v) is 3.45. The van der Waals surface area contributed by atoms with Crippen molar-refractivity contribution in [3.8, 4) is 5.75 Å². The van der Waals surface area contributed by atoms with E-state index in [1.54, 1.807) is 0 Å². The molecule has 1 aliphatic rings. The lowest BCUT2D eigenvalue weighted by Crippen LogP contribution is -2.26. The molecule has 0 radical (unpaired) electrons. The van der Waals surface area contributed by atoms with E-state index in [1.807, 2.05) is 19.9 Å². The summed E-state index contributed by atoms with van der Waals surface area (Å²) in [5.41, 5.74) is 3.38. The largest absolute Gasteiger partial charge is 0.507 e. The topological polar surface area (TPSA) is 32.3 Å². The Labute approximate surface area is 91.3 Å². The second-order valence-corrected chi connectivity index (χ2v) is 4.47. The molecule has 1 fully saturated rings. The molecule has 15 heavy (non-hydrogen) atoms. The Hall–Kier alpha value is -1.02. The summed E-state index contributed by atoms with van der Waals surface area (Å²) in [5, 5.41) is 13.3. The summed E-state index contributed by atoms with van der Waals surface area (Å²) in [6.45, 7) is 6.17. The molecule has 0 aliphatic carbocycles. The van der Waals surface area contributed by atoms with Gasteiger partial charge < -0.3 is 10.4 Å². The third kappa shape index (κ3) is 2.00. The average Bonchev–Trinajstić information content (AvgIpc) is 2.27. The van der Waals surface area contributed by atoms with Gasteiger partial charge in [0.25, 0.3) is 0 Å². The van der Waals surface area contributed by atoms with Crippen LogP contribution in [0.15, 0.2) is 12.1 Å². The van der Waals surface area contributed by atoms with Crippen LogP contribution in [0.5, 0.6) is 5.75 Å². The predicted molar refractivity (Wildman–Crippen MR) is 62.4 cm³/mol. The van der Waals surface area contributed by atoms with Gasteiger partial charge in [-0.2, -0.15) is 0 Å². The van der Waals surface area contributed by atoms with Gasteiger partial charge in [-0.15, -0.1) is 0 Å². The molecular formula is C13H19NO. The Kier molecular flexibility index (Phi) is 2.96. The van der Waals surface area contributed by atoms with Crippen LogP contribution in [0.2, 0.25) is 0 Å². The molecule has 0 bridgehead atoms. The number of nitrogens with one attached hydrogen (secondary N) is 1. The third-order valence-electron chi connectivity index (χ3n) is 3.45. The molecule has 0 saturated carbocycles. The molecule has 1 aromatic carbocycles. The van der Waals surface area contributed by atoms with Gasteiger partial charge >= 0.3 is 0 Å². The van der Waals surface area contributed by atoms with E-state index in [2.05, 4.69) is 11.4 Å². The molecule has 0 spiro atoms. The number of benzene rings is 1. The maximum Gasteiger partial charge on any atom is 0.121 e. The first-order chi connectivity index (χ1) is 7.20. The Morgan fingerprint density at radius 3 is 2.53 bits per heavy atom. The van der Waals surface area contributed by atoms with Crippen LogP contribution in [-0.4, -0.2) is 18.2 Å². The number of hydrogen-bond acceptors (Lipinski definition) is 2. The van der Waals surface area contributed by atoms with E-state index in [0.717, 1.165) is 24.2 Å². The monoisotopic (exact) mass is 205 g/mol. The lowest BCUT2D eigenvalue weighted by molar-refractivity contribution is 0.445. The molecule has 2 rings (SSSR count). The quantitative estimate of drug-likeness (QED) is 0.738.